The van der Waals surface area contributed by atoms with Crippen LogP contribution in [0.3, 0.4) is 0 Å². The van der Waals surface area contributed by atoms with E-state index in [4.69, 9.17) is 16.0 Å². The largest absolute Gasteiger partial charge is 0.480 e. The summed E-state index contributed by atoms with van der Waals surface area (Å²) in [6, 6.07) is 11.3. The standard InChI is InChI=1S/C22H25N5O6S/c1-13-2-8-17(9-3-13)34(31,32)27-19(22(29)30)12-25-20(28)11-16-10-18(26-33-16)14-4-6-15(7-5-14)21(23)24/h2-9,16,19,27H,10-12H2,1H3,(H3,23,24)(H,25,28)(H,29,30)/t16?,19-/m0/s1. The molecule has 180 valence electrons. The SMILES string of the molecule is Cc1ccc(S(=O)(=O)N[C@@H](CNC(=O)CC2CC(c3ccc(C(=N)N)cc3)=NO2)C(=O)O)cc1. The quantitative estimate of drug-likeness (QED) is 0.241. The first-order chi connectivity index (χ1) is 16.0. The Balaban J connectivity index is 1.51. The molecule has 1 amide bonds. The summed E-state index contributed by atoms with van der Waals surface area (Å²) >= 11 is 0. The zero-order chi connectivity index (χ0) is 24.9. The van der Waals surface area contributed by atoms with E-state index in [1.807, 2.05) is 0 Å². The number of aryl methyl sites for hydroxylation is 1. The average molecular weight is 488 g/mol. The molecule has 0 aliphatic carbocycles. The van der Waals surface area contributed by atoms with Crippen molar-refractivity contribution in [3.8, 4) is 0 Å². The van der Waals surface area contributed by atoms with Gasteiger partial charge >= 0.3 is 5.97 Å². The van der Waals surface area contributed by atoms with Crippen LogP contribution in [-0.4, -0.2) is 55.6 Å². The Hall–Kier alpha value is -3.77. The maximum absolute atomic E-state index is 12.5. The predicted molar refractivity (Wildman–Crippen MR) is 124 cm³/mol. The van der Waals surface area contributed by atoms with Crippen LogP contribution in [0.2, 0.25) is 0 Å². The van der Waals surface area contributed by atoms with E-state index in [1.165, 1.54) is 12.1 Å². The van der Waals surface area contributed by atoms with E-state index >= 15 is 0 Å². The van der Waals surface area contributed by atoms with E-state index in [2.05, 4.69) is 15.2 Å². The maximum atomic E-state index is 12.5. The number of rotatable bonds is 10. The summed E-state index contributed by atoms with van der Waals surface area (Å²) < 4.78 is 27.0. The normalized spacial score (nSPS) is 16.3. The van der Waals surface area contributed by atoms with E-state index in [9.17, 15) is 23.1 Å². The highest BCUT2D eigenvalue weighted by atomic mass is 32.2. The fourth-order valence-corrected chi connectivity index (χ4v) is 4.39. The van der Waals surface area contributed by atoms with Gasteiger partial charge in [0.1, 0.15) is 18.0 Å². The first kappa shape index (κ1) is 24.9. The lowest BCUT2D eigenvalue weighted by Gasteiger charge is -2.16. The van der Waals surface area contributed by atoms with E-state index in [-0.39, 0.29) is 17.2 Å². The summed E-state index contributed by atoms with van der Waals surface area (Å²) in [4.78, 5) is 29.1. The summed E-state index contributed by atoms with van der Waals surface area (Å²) in [6.07, 6.45) is -0.278. The van der Waals surface area contributed by atoms with Crippen molar-refractivity contribution in [2.24, 2.45) is 10.9 Å². The number of nitrogens with one attached hydrogen (secondary N) is 3. The van der Waals surface area contributed by atoms with Crippen LogP contribution in [-0.2, 0) is 24.4 Å². The van der Waals surface area contributed by atoms with Crippen molar-refractivity contribution in [3.05, 3.63) is 65.2 Å². The molecule has 0 saturated heterocycles. The van der Waals surface area contributed by atoms with Crippen LogP contribution < -0.4 is 15.8 Å². The molecule has 0 aromatic heterocycles. The van der Waals surface area contributed by atoms with Crippen LogP contribution in [0, 0.1) is 12.3 Å². The number of amides is 1. The number of benzene rings is 2. The molecular formula is C22H25N5O6S. The highest BCUT2D eigenvalue weighted by Gasteiger charge is 2.28. The summed E-state index contributed by atoms with van der Waals surface area (Å²) in [5, 5.41) is 23.2. The van der Waals surface area contributed by atoms with Gasteiger partial charge in [-0.2, -0.15) is 4.72 Å². The van der Waals surface area contributed by atoms with Crippen molar-refractivity contribution in [1.82, 2.24) is 10.0 Å². The van der Waals surface area contributed by atoms with Gasteiger partial charge in [-0.15, -0.1) is 0 Å². The third kappa shape index (κ3) is 6.39. The van der Waals surface area contributed by atoms with Crippen LogP contribution in [0.5, 0.6) is 0 Å². The molecule has 0 fully saturated rings. The number of nitrogens with two attached hydrogens (primary N) is 1. The zero-order valence-corrected chi connectivity index (χ0v) is 19.1. The van der Waals surface area contributed by atoms with Gasteiger partial charge in [-0.25, -0.2) is 8.42 Å². The van der Waals surface area contributed by atoms with Crippen molar-refractivity contribution in [1.29, 1.82) is 5.41 Å². The number of hydrogen-bond acceptors (Lipinski definition) is 7. The fourth-order valence-electron chi connectivity index (χ4n) is 3.20. The van der Waals surface area contributed by atoms with Crippen molar-refractivity contribution in [3.63, 3.8) is 0 Å². The number of carboxylic acids is 1. The molecule has 2 aromatic carbocycles. The monoisotopic (exact) mass is 487 g/mol. The Morgan fingerprint density at radius 3 is 2.44 bits per heavy atom. The maximum Gasteiger partial charge on any atom is 0.323 e. The molecule has 0 spiro atoms. The number of nitrogens with zero attached hydrogens (tertiary/aromatic N) is 1. The van der Waals surface area contributed by atoms with E-state index in [0.29, 0.717) is 17.7 Å². The molecule has 1 heterocycles. The van der Waals surface area contributed by atoms with Gasteiger partial charge in [-0.05, 0) is 24.6 Å². The third-order valence-electron chi connectivity index (χ3n) is 5.11. The molecule has 1 aliphatic heterocycles. The lowest BCUT2D eigenvalue weighted by atomic mass is 10.0. The highest BCUT2D eigenvalue weighted by Crippen LogP contribution is 2.19. The molecule has 1 aliphatic rings. The van der Waals surface area contributed by atoms with Gasteiger partial charge in [0.25, 0.3) is 0 Å². The molecule has 6 N–H and O–H groups in total. The van der Waals surface area contributed by atoms with Gasteiger partial charge in [-0.3, -0.25) is 15.0 Å². The Morgan fingerprint density at radius 1 is 1.21 bits per heavy atom. The molecule has 0 radical (unpaired) electrons. The molecule has 11 nitrogen and oxygen atoms in total. The zero-order valence-electron chi connectivity index (χ0n) is 18.3. The number of amidine groups is 1. The number of oxime groups is 1. The first-order valence-electron chi connectivity index (χ1n) is 10.3. The number of carboxylic acid groups (broad SMARTS) is 1. The van der Waals surface area contributed by atoms with Crippen LogP contribution in [0.4, 0.5) is 0 Å². The molecule has 0 bridgehead atoms. The van der Waals surface area contributed by atoms with Crippen LogP contribution in [0.25, 0.3) is 0 Å². The second-order valence-electron chi connectivity index (χ2n) is 7.79. The van der Waals surface area contributed by atoms with Gasteiger partial charge in [-0.1, -0.05) is 47.1 Å². The van der Waals surface area contributed by atoms with Crippen LogP contribution in [0.15, 0.2) is 58.6 Å². The second-order valence-corrected chi connectivity index (χ2v) is 9.51. The summed E-state index contributed by atoms with van der Waals surface area (Å²) in [5.74, 6) is -1.98. The van der Waals surface area contributed by atoms with Gasteiger partial charge in [0.05, 0.1) is 17.0 Å². The van der Waals surface area contributed by atoms with Gasteiger partial charge in [0, 0.05) is 18.5 Å². The fraction of sp³-hybridized carbons (Fsp3) is 0.273. The molecule has 3 rings (SSSR count). The lowest BCUT2D eigenvalue weighted by molar-refractivity contribution is -0.138. The topological polar surface area (TPSA) is 184 Å². The number of hydrogen-bond donors (Lipinski definition) is 5. The van der Waals surface area contributed by atoms with Crippen molar-refractivity contribution in [2.75, 3.05) is 6.54 Å². The number of carbonyl (C=O) groups excluding carboxylic acids is 1. The molecule has 2 aromatic rings. The van der Waals surface area contributed by atoms with Crippen molar-refractivity contribution in [2.45, 2.75) is 36.8 Å². The summed E-state index contributed by atoms with van der Waals surface area (Å²) in [7, 11) is -4.08. The Morgan fingerprint density at radius 2 is 1.85 bits per heavy atom. The molecule has 0 saturated carbocycles. The number of aliphatic carboxylic acids is 1. The number of sulfonamides is 1. The van der Waals surface area contributed by atoms with E-state index in [0.717, 1.165) is 11.1 Å². The summed E-state index contributed by atoms with van der Waals surface area (Å²) in [6.45, 7) is 1.36. The van der Waals surface area contributed by atoms with E-state index < -0.39 is 40.6 Å². The summed E-state index contributed by atoms with van der Waals surface area (Å²) in [5.41, 5.74) is 8.27. The minimum Gasteiger partial charge on any atom is -0.480 e. The van der Waals surface area contributed by atoms with Crippen LogP contribution >= 0.6 is 0 Å². The van der Waals surface area contributed by atoms with E-state index in [1.54, 1.807) is 43.3 Å². The average Bonchev–Trinajstić information content (AvgIpc) is 3.25. The Labute approximate surface area is 196 Å². The molecule has 34 heavy (non-hydrogen) atoms. The van der Waals surface area contributed by atoms with Gasteiger partial charge < -0.3 is 21.0 Å². The minimum atomic E-state index is -4.08. The van der Waals surface area contributed by atoms with Crippen molar-refractivity contribution < 1.29 is 28.0 Å². The predicted octanol–water partition coefficient (Wildman–Crippen LogP) is 0.710. The minimum absolute atomic E-state index is 0.0495. The second kappa shape index (κ2) is 10.4. The highest BCUT2D eigenvalue weighted by molar-refractivity contribution is 7.89. The smallest absolute Gasteiger partial charge is 0.323 e. The lowest BCUT2D eigenvalue weighted by Crippen LogP contribution is -2.48. The third-order valence-corrected chi connectivity index (χ3v) is 6.59. The Bertz CT molecular complexity index is 1210. The molecular weight excluding hydrogens is 462 g/mol. The van der Waals surface area contributed by atoms with Crippen molar-refractivity contribution >= 4 is 33.4 Å². The Kier molecular flexibility index (Phi) is 7.64. The number of carbonyl (C=O) groups is 2. The molecule has 12 heteroatoms. The molecule has 2 atom stereocenters. The van der Waals surface area contributed by atoms with Gasteiger partial charge in [0.15, 0.2) is 0 Å². The molecule has 1 unspecified atom stereocenters. The van der Waals surface area contributed by atoms with Crippen LogP contribution in [0.1, 0.15) is 29.5 Å². The first-order valence-corrected chi connectivity index (χ1v) is 11.8. The van der Waals surface area contributed by atoms with Gasteiger partial charge in [0.2, 0.25) is 15.9 Å². The number of nitrogen functional groups attached to an aromatic ring is 1.